The first-order valence-corrected chi connectivity index (χ1v) is 21.8. The second-order valence-electron chi connectivity index (χ2n) is 16.4. The minimum absolute atomic E-state index is 0.824. The molecule has 11 aromatic carbocycles. The fourth-order valence-corrected chi connectivity index (χ4v) is 10.1. The first-order chi connectivity index (χ1) is 31.8. The highest BCUT2D eigenvalue weighted by Gasteiger charge is 2.29. The second-order valence-corrected chi connectivity index (χ2v) is 16.4. The molecule has 0 amide bonds. The van der Waals surface area contributed by atoms with Crippen LogP contribution in [0.2, 0.25) is 0 Å². The van der Waals surface area contributed by atoms with Crippen molar-refractivity contribution in [2.75, 3.05) is 9.80 Å². The molecule has 0 unspecified atom stereocenters. The zero-order valence-electron chi connectivity index (χ0n) is 34.7. The van der Waals surface area contributed by atoms with Gasteiger partial charge in [0.25, 0.3) is 0 Å². The number of anilines is 6. The van der Waals surface area contributed by atoms with Crippen molar-refractivity contribution in [3.05, 3.63) is 231 Å². The SMILES string of the molecule is c1ccc(-c2c3cc(N4c5ccccc5Oc5ccccc54)ccc3c(-c3ccccc3-c3cccc4ccccc34)c3cc(N4c5ccccc5Oc5ccccc54)ccc23)cc1. The summed E-state index contributed by atoms with van der Waals surface area (Å²) in [6.45, 7) is 0. The van der Waals surface area contributed by atoms with Gasteiger partial charge in [0, 0.05) is 11.4 Å². The highest BCUT2D eigenvalue weighted by Crippen LogP contribution is 2.55. The van der Waals surface area contributed by atoms with E-state index in [4.69, 9.17) is 9.47 Å². The fourth-order valence-electron chi connectivity index (χ4n) is 10.1. The third-order valence-electron chi connectivity index (χ3n) is 12.8. The Labute approximate surface area is 371 Å². The molecule has 4 heteroatoms. The normalized spacial score (nSPS) is 12.6. The van der Waals surface area contributed by atoms with Gasteiger partial charge in [-0.25, -0.2) is 0 Å². The van der Waals surface area contributed by atoms with E-state index in [1.807, 2.05) is 36.4 Å². The molecule has 4 nitrogen and oxygen atoms in total. The van der Waals surface area contributed by atoms with Gasteiger partial charge in [-0.2, -0.15) is 0 Å². The van der Waals surface area contributed by atoms with Crippen LogP contribution < -0.4 is 19.3 Å². The maximum Gasteiger partial charge on any atom is 0.151 e. The largest absolute Gasteiger partial charge is 0.453 e. The third-order valence-corrected chi connectivity index (χ3v) is 12.8. The summed E-state index contributed by atoms with van der Waals surface area (Å²) in [5.74, 6) is 3.30. The molecule has 0 atom stereocenters. The van der Waals surface area contributed by atoms with Crippen LogP contribution in [0.1, 0.15) is 0 Å². The van der Waals surface area contributed by atoms with E-state index in [0.717, 1.165) is 78.8 Å². The zero-order valence-corrected chi connectivity index (χ0v) is 34.7. The van der Waals surface area contributed by atoms with Gasteiger partial charge in [0.2, 0.25) is 0 Å². The molecule has 0 aliphatic carbocycles. The van der Waals surface area contributed by atoms with Crippen LogP contribution in [0, 0.1) is 0 Å². The Morgan fingerprint density at radius 1 is 0.266 bits per heavy atom. The van der Waals surface area contributed by atoms with Crippen molar-refractivity contribution in [3.8, 4) is 56.4 Å². The van der Waals surface area contributed by atoms with Crippen molar-refractivity contribution in [1.82, 2.24) is 0 Å². The Morgan fingerprint density at radius 2 is 0.688 bits per heavy atom. The van der Waals surface area contributed by atoms with E-state index in [1.165, 1.54) is 44.0 Å². The van der Waals surface area contributed by atoms with E-state index >= 15 is 0 Å². The summed E-state index contributed by atoms with van der Waals surface area (Å²) in [4.78, 5) is 4.68. The Hall–Kier alpha value is -8.60. The molecule has 300 valence electrons. The van der Waals surface area contributed by atoms with Gasteiger partial charge < -0.3 is 19.3 Å². The molecule has 64 heavy (non-hydrogen) atoms. The lowest BCUT2D eigenvalue weighted by Crippen LogP contribution is -2.16. The summed E-state index contributed by atoms with van der Waals surface area (Å²) in [6, 6.07) is 82.4. The van der Waals surface area contributed by atoms with E-state index in [0.29, 0.717) is 0 Å². The number of rotatable bonds is 5. The first-order valence-electron chi connectivity index (χ1n) is 21.8. The van der Waals surface area contributed by atoms with Gasteiger partial charge in [0.1, 0.15) is 0 Å². The van der Waals surface area contributed by atoms with Crippen molar-refractivity contribution in [3.63, 3.8) is 0 Å². The summed E-state index contributed by atoms with van der Waals surface area (Å²) < 4.78 is 13.0. The van der Waals surface area contributed by atoms with Gasteiger partial charge in [-0.15, -0.1) is 0 Å². The summed E-state index contributed by atoms with van der Waals surface area (Å²) >= 11 is 0. The molecule has 0 N–H and O–H groups in total. The topological polar surface area (TPSA) is 24.9 Å². The molecule has 0 saturated heterocycles. The molecule has 2 heterocycles. The van der Waals surface area contributed by atoms with Crippen molar-refractivity contribution in [2.24, 2.45) is 0 Å². The molecule has 0 aromatic heterocycles. The van der Waals surface area contributed by atoms with E-state index in [1.54, 1.807) is 0 Å². The number of ether oxygens (including phenoxy) is 2. The number of hydrogen-bond donors (Lipinski definition) is 0. The van der Waals surface area contributed by atoms with Gasteiger partial charge in [0.05, 0.1) is 22.7 Å². The van der Waals surface area contributed by atoms with Gasteiger partial charge in [-0.05, 0) is 138 Å². The van der Waals surface area contributed by atoms with E-state index in [9.17, 15) is 0 Å². The molecule has 13 rings (SSSR count). The predicted molar refractivity (Wildman–Crippen MR) is 265 cm³/mol. The van der Waals surface area contributed by atoms with Crippen LogP contribution in [-0.2, 0) is 0 Å². The highest BCUT2D eigenvalue weighted by atomic mass is 16.5. The minimum atomic E-state index is 0.824. The van der Waals surface area contributed by atoms with E-state index in [2.05, 4.69) is 204 Å². The Bertz CT molecular complexity index is 3560. The van der Waals surface area contributed by atoms with Gasteiger partial charge in [-0.1, -0.05) is 158 Å². The lowest BCUT2D eigenvalue weighted by molar-refractivity contribution is 0.477. The van der Waals surface area contributed by atoms with Crippen molar-refractivity contribution >= 4 is 66.4 Å². The van der Waals surface area contributed by atoms with Crippen molar-refractivity contribution in [2.45, 2.75) is 0 Å². The van der Waals surface area contributed by atoms with Crippen LogP contribution in [0.5, 0.6) is 23.0 Å². The maximum absolute atomic E-state index is 6.50. The molecular formula is C60H38N2O2. The van der Waals surface area contributed by atoms with Gasteiger partial charge in [0.15, 0.2) is 23.0 Å². The van der Waals surface area contributed by atoms with E-state index < -0.39 is 0 Å². The molecule has 2 aliphatic rings. The number of nitrogens with zero attached hydrogens (tertiary/aromatic N) is 2. The van der Waals surface area contributed by atoms with Crippen LogP contribution in [0.4, 0.5) is 34.1 Å². The van der Waals surface area contributed by atoms with Gasteiger partial charge >= 0.3 is 0 Å². The van der Waals surface area contributed by atoms with Crippen molar-refractivity contribution in [1.29, 1.82) is 0 Å². The second kappa shape index (κ2) is 14.5. The molecule has 0 fully saturated rings. The minimum Gasteiger partial charge on any atom is -0.453 e. The van der Waals surface area contributed by atoms with E-state index in [-0.39, 0.29) is 0 Å². The molecule has 2 aliphatic heterocycles. The fraction of sp³-hybridized carbons (Fsp3) is 0. The third kappa shape index (κ3) is 5.63. The predicted octanol–water partition coefficient (Wildman–Crippen LogP) is 17.3. The standard InChI is InChI=1S/C60H38N2O2/c1-2-18-40(19-3-1)59-47-35-33-42(62-53-27-10-14-31-57(53)64-58-32-15-11-28-54(58)62)38-50(47)60(46-23-7-6-22-45(46)44-24-16-20-39-17-4-5-21-43(39)44)48-36-34-41(37-49(48)59)61-51-25-8-12-29-55(51)63-56-30-13-9-26-52(56)61/h1-38H. The molecular weight excluding hydrogens is 781 g/mol. The average molecular weight is 819 g/mol. The first kappa shape index (κ1) is 36.1. The molecule has 0 saturated carbocycles. The Morgan fingerprint density at radius 3 is 1.27 bits per heavy atom. The van der Waals surface area contributed by atoms with Crippen LogP contribution in [0.15, 0.2) is 231 Å². The molecule has 0 radical (unpaired) electrons. The summed E-state index contributed by atoms with van der Waals surface area (Å²) in [6.07, 6.45) is 0. The quantitative estimate of drug-likeness (QED) is 0.162. The number of fused-ring (bicyclic) bond motifs is 7. The lowest BCUT2D eigenvalue weighted by Gasteiger charge is -2.33. The average Bonchev–Trinajstić information content (AvgIpc) is 3.36. The summed E-state index contributed by atoms with van der Waals surface area (Å²) in [5.41, 5.74) is 13.2. The van der Waals surface area contributed by atoms with Crippen LogP contribution in [-0.4, -0.2) is 0 Å². The van der Waals surface area contributed by atoms with Crippen LogP contribution >= 0.6 is 0 Å². The van der Waals surface area contributed by atoms with Crippen LogP contribution in [0.25, 0.3) is 65.7 Å². The lowest BCUT2D eigenvalue weighted by atomic mass is 9.83. The van der Waals surface area contributed by atoms with Crippen molar-refractivity contribution < 1.29 is 9.47 Å². The number of hydrogen-bond acceptors (Lipinski definition) is 4. The zero-order chi connectivity index (χ0) is 42.1. The smallest absolute Gasteiger partial charge is 0.151 e. The summed E-state index contributed by atoms with van der Waals surface area (Å²) in [5, 5.41) is 7.09. The monoisotopic (exact) mass is 818 g/mol. The number of benzene rings is 11. The molecule has 0 spiro atoms. The number of para-hydroxylation sites is 8. The van der Waals surface area contributed by atoms with Crippen LogP contribution in [0.3, 0.4) is 0 Å². The van der Waals surface area contributed by atoms with Gasteiger partial charge in [-0.3, -0.25) is 0 Å². The molecule has 0 bridgehead atoms. The maximum atomic E-state index is 6.50. The Kier molecular flexibility index (Phi) is 8.18. The highest BCUT2D eigenvalue weighted by molar-refractivity contribution is 6.24. The molecule has 11 aromatic rings. The summed E-state index contributed by atoms with van der Waals surface area (Å²) in [7, 11) is 0. The Balaban J connectivity index is 1.15.